The van der Waals surface area contributed by atoms with Gasteiger partial charge >= 0.3 is 12.2 Å². The van der Waals surface area contributed by atoms with Gasteiger partial charge in [-0.15, -0.1) is 0 Å². The molecule has 1 aromatic heterocycles. The molecule has 0 aliphatic rings. The van der Waals surface area contributed by atoms with E-state index < -0.39 is 28.4 Å². The van der Waals surface area contributed by atoms with Gasteiger partial charge in [-0.1, -0.05) is 18.3 Å². The quantitative estimate of drug-likeness (QED) is 0.431. The molecule has 27 heavy (non-hydrogen) atoms. The van der Waals surface area contributed by atoms with E-state index in [1.807, 2.05) is 0 Å². The number of anilines is 1. The van der Waals surface area contributed by atoms with Crippen LogP contribution < -0.4 is 4.90 Å². The molecule has 0 aliphatic heterocycles. The molecule has 1 rings (SSSR count). The largest absolute Gasteiger partial charge is 0.497 e. The fourth-order valence-corrected chi connectivity index (χ4v) is 2.66. The Morgan fingerprint density at radius 3 is 2.44 bits per heavy atom. The third kappa shape index (κ3) is 7.06. The molecule has 0 bridgehead atoms. The molecule has 0 atom stereocenters. The van der Waals surface area contributed by atoms with Crippen LogP contribution in [-0.4, -0.2) is 63.3 Å². The predicted octanol–water partition coefficient (Wildman–Crippen LogP) is 2.10. The van der Waals surface area contributed by atoms with E-state index in [4.69, 9.17) is 9.26 Å². The maximum Gasteiger partial charge on any atom is 0.396 e. The lowest BCUT2D eigenvalue weighted by Gasteiger charge is -2.20. The molecule has 0 fully saturated rings. The average molecular weight is 410 g/mol. The van der Waals surface area contributed by atoms with E-state index in [0.717, 1.165) is 4.31 Å². The Morgan fingerprint density at radius 2 is 1.89 bits per heavy atom. The number of hydrogen-bond donors (Lipinski definition) is 0. The monoisotopic (exact) mass is 410 g/mol. The molecule has 0 N–H and O–H groups in total. The fraction of sp³-hybridized carbons (Fsp3) is 0.467. The smallest absolute Gasteiger partial charge is 0.396 e. The van der Waals surface area contributed by atoms with Gasteiger partial charge in [0.1, 0.15) is 12.2 Å². The van der Waals surface area contributed by atoms with E-state index in [2.05, 4.69) is 23.3 Å². The summed E-state index contributed by atoms with van der Waals surface area (Å²) < 4.78 is 72.2. The third-order valence-electron chi connectivity index (χ3n) is 3.35. The first-order valence-corrected chi connectivity index (χ1v) is 8.97. The van der Waals surface area contributed by atoms with E-state index in [1.54, 1.807) is 0 Å². The van der Waals surface area contributed by atoms with Crippen molar-refractivity contribution < 1.29 is 30.8 Å². The number of alkyl halides is 3. The molecular formula is C15H21F3N4O4S. The molecule has 0 radical (unpaired) electrons. The fourth-order valence-electron chi connectivity index (χ4n) is 1.70. The first-order valence-electron chi connectivity index (χ1n) is 7.53. The van der Waals surface area contributed by atoms with E-state index in [-0.39, 0.29) is 29.8 Å². The summed E-state index contributed by atoms with van der Waals surface area (Å²) in [5.41, 5.74) is 0. The number of likely N-dealkylation sites (N-methyl/N-ethyl adjacent to an activating group) is 2. The molecule has 0 saturated carbocycles. The molecule has 1 aromatic rings. The molecule has 0 amide bonds. The standard InChI is InChI=1S/C15H21F3N4O4S/c1-11(25-5)6-7-12(2)27(23,24)22(4)9-8-21(3)14-19-13(20-26-14)10-15(16,17)18/h6-7H,1-2,8-10H2,3-5H3/b7-6-. The summed E-state index contributed by atoms with van der Waals surface area (Å²) >= 11 is 0. The zero-order valence-corrected chi connectivity index (χ0v) is 16.0. The highest BCUT2D eigenvalue weighted by Crippen LogP contribution is 2.21. The van der Waals surface area contributed by atoms with Crippen LogP contribution >= 0.6 is 0 Å². The van der Waals surface area contributed by atoms with E-state index >= 15 is 0 Å². The van der Waals surface area contributed by atoms with Crippen molar-refractivity contribution in [1.82, 2.24) is 14.4 Å². The predicted molar refractivity (Wildman–Crippen MR) is 93.3 cm³/mol. The number of nitrogens with zero attached hydrogens (tertiary/aromatic N) is 4. The molecule has 0 spiro atoms. The van der Waals surface area contributed by atoms with E-state index in [1.165, 1.54) is 38.3 Å². The second kappa shape index (κ2) is 9.04. The summed E-state index contributed by atoms with van der Waals surface area (Å²) in [5.74, 6) is -0.234. The molecule has 8 nitrogen and oxygen atoms in total. The molecular weight excluding hydrogens is 389 g/mol. The summed E-state index contributed by atoms with van der Waals surface area (Å²) in [5, 5.41) is 3.25. The number of ether oxygens (including phenoxy) is 1. The SMILES string of the molecule is C=C(/C=C\C(=C)S(=O)(=O)N(C)CCN(C)c1nc(CC(F)(F)F)no1)OC. The van der Waals surface area contributed by atoms with Gasteiger partial charge in [-0.25, -0.2) is 8.42 Å². The topological polar surface area (TPSA) is 88.8 Å². The summed E-state index contributed by atoms with van der Waals surface area (Å²) in [7, 11) is 0.398. The van der Waals surface area contributed by atoms with Crippen molar-refractivity contribution >= 4 is 16.0 Å². The number of aromatic nitrogens is 2. The number of sulfonamides is 1. The van der Waals surface area contributed by atoms with Gasteiger partial charge in [-0.05, 0) is 12.2 Å². The van der Waals surface area contributed by atoms with Gasteiger partial charge in [0.15, 0.2) is 5.82 Å². The Hall–Kier alpha value is -2.34. The van der Waals surface area contributed by atoms with Gasteiger partial charge < -0.3 is 14.2 Å². The van der Waals surface area contributed by atoms with Crippen LogP contribution in [0, 0.1) is 0 Å². The van der Waals surface area contributed by atoms with Gasteiger partial charge in [-0.3, -0.25) is 0 Å². The van der Waals surface area contributed by atoms with Gasteiger partial charge in [-0.2, -0.15) is 22.5 Å². The Balaban J connectivity index is 2.67. The lowest BCUT2D eigenvalue weighted by Crippen LogP contribution is -2.35. The van der Waals surface area contributed by atoms with E-state index in [0.29, 0.717) is 0 Å². The molecule has 0 unspecified atom stereocenters. The van der Waals surface area contributed by atoms with Crippen LogP contribution in [0.15, 0.2) is 40.5 Å². The Kier molecular flexibility index (Phi) is 7.60. The van der Waals surface area contributed by atoms with Crippen LogP contribution in [-0.2, 0) is 21.2 Å². The first-order chi connectivity index (χ1) is 12.4. The van der Waals surface area contributed by atoms with Crippen LogP contribution in [0.3, 0.4) is 0 Å². The van der Waals surface area contributed by atoms with Gasteiger partial charge in [0.05, 0.1) is 12.0 Å². The van der Waals surface area contributed by atoms with Crippen molar-refractivity contribution in [3.8, 4) is 0 Å². The Labute approximate surface area is 155 Å². The highest BCUT2D eigenvalue weighted by atomic mass is 32.2. The van der Waals surface area contributed by atoms with Crippen molar-refractivity contribution in [1.29, 1.82) is 0 Å². The van der Waals surface area contributed by atoms with Gasteiger partial charge in [0.25, 0.3) is 0 Å². The lowest BCUT2D eigenvalue weighted by molar-refractivity contribution is -0.128. The lowest BCUT2D eigenvalue weighted by atomic mass is 10.4. The summed E-state index contributed by atoms with van der Waals surface area (Å²) in [4.78, 5) is 4.82. The average Bonchev–Trinajstić information content (AvgIpc) is 3.02. The van der Waals surface area contributed by atoms with Crippen LogP contribution in [0.4, 0.5) is 19.2 Å². The van der Waals surface area contributed by atoms with Gasteiger partial charge in [0.2, 0.25) is 10.0 Å². The summed E-state index contributed by atoms with van der Waals surface area (Å²) in [6.07, 6.45) is -3.14. The number of methoxy groups -OCH3 is 1. The minimum Gasteiger partial charge on any atom is -0.497 e. The van der Waals surface area contributed by atoms with E-state index in [9.17, 15) is 21.6 Å². The minimum absolute atomic E-state index is 0.00784. The summed E-state index contributed by atoms with van der Waals surface area (Å²) in [6.45, 7) is 7.14. The van der Waals surface area contributed by atoms with Crippen LogP contribution in [0.25, 0.3) is 0 Å². The Bertz CT molecular complexity index is 802. The van der Waals surface area contributed by atoms with Crippen molar-refractivity contribution in [3.05, 3.63) is 41.8 Å². The van der Waals surface area contributed by atoms with Crippen molar-refractivity contribution in [2.45, 2.75) is 12.6 Å². The molecule has 1 heterocycles. The molecule has 0 aromatic carbocycles. The number of halogens is 3. The minimum atomic E-state index is -4.45. The first kappa shape index (κ1) is 22.7. The van der Waals surface area contributed by atoms with Crippen molar-refractivity contribution in [3.63, 3.8) is 0 Å². The molecule has 0 saturated heterocycles. The number of allylic oxidation sites excluding steroid dienone is 2. The Morgan fingerprint density at radius 1 is 1.26 bits per heavy atom. The normalized spacial score (nSPS) is 12.6. The maximum atomic E-state index is 12.4. The number of hydrogen-bond acceptors (Lipinski definition) is 7. The highest BCUT2D eigenvalue weighted by Gasteiger charge is 2.31. The second-order valence-corrected chi connectivity index (χ2v) is 7.60. The third-order valence-corrected chi connectivity index (χ3v) is 5.15. The maximum absolute atomic E-state index is 12.4. The number of rotatable bonds is 10. The summed E-state index contributed by atoms with van der Waals surface area (Å²) in [6, 6.07) is -0.143. The van der Waals surface area contributed by atoms with Crippen LogP contribution in [0.1, 0.15) is 5.82 Å². The van der Waals surface area contributed by atoms with Gasteiger partial charge in [0, 0.05) is 27.2 Å². The van der Waals surface area contributed by atoms with Crippen molar-refractivity contribution in [2.24, 2.45) is 0 Å². The van der Waals surface area contributed by atoms with Crippen LogP contribution in [0.2, 0.25) is 0 Å². The van der Waals surface area contributed by atoms with Crippen LogP contribution in [0.5, 0.6) is 0 Å². The highest BCUT2D eigenvalue weighted by molar-refractivity contribution is 7.93. The van der Waals surface area contributed by atoms with Crippen molar-refractivity contribution in [2.75, 3.05) is 39.2 Å². The molecule has 0 aliphatic carbocycles. The zero-order chi connectivity index (χ0) is 20.8. The second-order valence-electron chi connectivity index (χ2n) is 5.50. The molecule has 12 heteroatoms. The molecule has 152 valence electrons. The zero-order valence-electron chi connectivity index (χ0n) is 15.2.